The lowest BCUT2D eigenvalue weighted by molar-refractivity contribution is 0.0933. The van der Waals surface area contributed by atoms with Crippen molar-refractivity contribution >= 4 is 11.6 Å². The van der Waals surface area contributed by atoms with Gasteiger partial charge in [-0.05, 0) is 80.1 Å². The Labute approximate surface area is 165 Å². The van der Waals surface area contributed by atoms with E-state index in [9.17, 15) is 4.79 Å². The number of amides is 1. The minimum atomic E-state index is -0.0349. The number of carbonyl (C=O) groups is 1. The Balaban J connectivity index is 1.45. The molecule has 1 aliphatic carbocycles. The normalized spacial score (nSPS) is 15.9. The van der Waals surface area contributed by atoms with E-state index in [1.807, 2.05) is 54.1 Å². The summed E-state index contributed by atoms with van der Waals surface area (Å²) in [6.45, 7) is 4.76. The smallest absolute Gasteiger partial charge is 0.251 e. The standard InChI is InChI=1S/C23H26N4O/c1-15-12-16(2)27(26-15)14-17-6-8-18(9-7-17)23(28)25-22-5-3-4-19-13-20(24)10-11-21(19)22/h6-13,22H,3-5,14,24H2,1-2H3,(H,25,28). The molecule has 1 aliphatic rings. The summed E-state index contributed by atoms with van der Waals surface area (Å²) in [7, 11) is 0. The average Bonchev–Trinajstić information content (AvgIpc) is 2.99. The molecule has 0 saturated carbocycles. The Morgan fingerprint density at radius 3 is 2.68 bits per heavy atom. The van der Waals surface area contributed by atoms with Crippen LogP contribution in [0.15, 0.2) is 48.5 Å². The molecule has 1 unspecified atom stereocenters. The van der Waals surface area contributed by atoms with Gasteiger partial charge in [0.2, 0.25) is 0 Å². The summed E-state index contributed by atoms with van der Waals surface area (Å²) in [5, 5.41) is 7.69. The van der Waals surface area contributed by atoms with Crippen LogP contribution in [0.4, 0.5) is 5.69 Å². The van der Waals surface area contributed by atoms with Crippen LogP contribution in [0.2, 0.25) is 0 Å². The molecule has 5 nitrogen and oxygen atoms in total. The molecule has 0 bridgehead atoms. The Kier molecular flexibility index (Phi) is 4.90. The summed E-state index contributed by atoms with van der Waals surface area (Å²) in [5.41, 5.74) is 13.1. The second-order valence-corrected chi connectivity index (χ2v) is 7.66. The molecule has 1 aromatic heterocycles. The second kappa shape index (κ2) is 7.50. The van der Waals surface area contributed by atoms with Gasteiger partial charge in [0.1, 0.15) is 0 Å². The number of nitrogen functional groups attached to an aromatic ring is 1. The molecule has 144 valence electrons. The molecule has 1 atom stereocenters. The summed E-state index contributed by atoms with van der Waals surface area (Å²) < 4.78 is 1.98. The molecule has 3 N–H and O–H groups in total. The van der Waals surface area contributed by atoms with E-state index in [4.69, 9.17) is 5.73 Å². The number of anilines is 1. The number of nitrogens with one attached hydrogen (secondary N) is 1. The van der Waals surface area contributed by atoms with E-state index in [0.717, 1.165) is 41.9 Å². The topological polar surface area (TPSA) is 72.9 Å². The maximum atomic E-state index is 12.8. The van der Waals surface area contributed by atoms with E-state index in [0.29, 0.717) is 12.1 Å². The van der Waals surface area contributed by atoms with Crippen molar-refractivity contribution in [2.75, 3.05) is 5.73 Å². The first-order valence-corrected chi connectivity index (χ1v) is 9.79. The lowest BCUT2D eigenvalue weighted by atomic mass is 9.87. The highest BCUT2D eigenvalue weighted by molar-refractivity contribution is 5.94. The van der Waals surface area contributed by atoms with Crippen molar-refractivity contribution in [1.29, 1.82) is 0 Å². The van der Waals surface area contributed by atoms with E-state index in [2.05, 4.69) is 23.4 Å². The quantitative estimate of drug-likeness (QED) is 0.680. The fourth-order valence-corrected chi connectivity index (χ4v) is 4.00. The fraction of sp³-hybridized carbons (Fsp3) is 0.304. The molecule has 2 aromatic carbocycles. The third-order valence-corrected chi connectivity index (χ3v) is 5.44. The SMILES string of the molecule is Cc1cc(C)n(Cc2ccc(C(=O)NC3CCCc4cc(N)ccc43)cc2)n1. The number of hydrogen-bond donors (Lipinski definition) is 2. The summed E-state index contributed by atoms with van der Waals surface area (Å²) in [6, 6.07) is 15.9. The summed E-state index contributed by atoms with van der Waals surface area (Å²) in [4.78, 5) is 12.8. The predicted molar refractivity (Wildman–Crippen MR) is 111 cm³/mol. The van der Waals surface area contributed by atoms with Gasteiger partial charge in [0.25, 0.3) is 5.91 Å². The zero-order valence-electron chi connectivity index (χ0n) is 16.4. The van der Waals surface area contributed by atoms with Crippen LogP contribution < -0.4 is 11.1 Å². The molecule has 5 heteroatoms. The first-order chi connectivity index (χ1) is 13.5. The van der Waals surface area contributed by atoms with E-state index in [1.54, 1.807) is 0 Å². The van der Waals surface area contributed by atoms with Crippen LogP contribution in [0, 0.1) is 13.8 Å². The van der Waals surface area contributed by atoms with Gasteiger partial charge in [-0.2, -0.15) is 5.10 Å². The number of aryl methyl sites for hydroxylation is 3. The van der Waals surface area contributed by atoms with E-state index in [1.165, 1.54) is 11.1 Å². The average molecular weight is 374 g/mol. The van der Waals surface area contributed by atoms with Crippen LogP contribution >= 0.6 is 0 Å². The molecule has 1 amide bonds. The number of nitrogens with two attached hydrogens (primary N) is 1. The van der Waals surface area contributed by atoms with E-state index >= 15 is 0 Å². The van der Waals surface area contributed by atoms with Crippen LogP contribution in [0.5, 0.6) is 0 Å². The van der Waals surface area contributed by atoms with Crippen molar-refractivity contribution in [3.8, 4) is 0 Å². The predicted octanol–water partition coefficient (Wildman–Crippen LogP) is 3.94. The van der Waals surface area contributed by atoms with Gasteiger partial charge in [-0.3, -0.25) is 9.48 Å². The van der Waals surface area contributed by atoms with Crippen LogP contribution in [-0.4, -0.2) is 15.7 Å². The number of aromatic nitrogens is 2. The lowest BCUT2D eigenvalue weighted by Gasteiger charge is -2.26. The molecular weight excluding hydrogens is 348 g/mol. The van der Waals surface area contributed by atoms with Gasteiger partial charge in [-0.15, -0.1) is 0 Å². The monoisotopic (exact) mass is 374 g/mol. The van der Waals surface area contributed by atoms with Crippen molar-refractivity contribution in [1.82, 2.24) is 15.1 Å². The van der Waals surface area contributed by atoms with Gasteiger partial charge >= 0.3 is 0 Å². The highest BCUT2D eigenvalue weighted by Crippen LogP contribution is 2.31. The molecule has 28 heavy (non-hydrogen) atoms. The first kappa shape index (κ1) is 18.3. The highest BCUT2D eigenvalue weighted by atomic mass is 16.1. The van der Waals surface area contributed by atoms with Gasteiger partial charge < -0.3 is 11.1 Å². The minimum Gasteiger partial charge on any atom is -0.399 e. The maximum Gasteiger partial charge on any atom is 0.251 e. The number of hydrogen-bond acceptors (Lipinski definition) is 3. The van der Waals surface area contributed by atoms with Crippen molar-refractivity contribution in [3.05, 3.63) is 82.2 Å². The van der Waals surface area contributed by atoms with Crippen molar-refractivity contribution in [3.63, 3.8) is 0 Å². The van der Waals surface area contributed by atoms with E-state index < -0.39 is 0 Å². The number of fused-ring (bicyclic) bond motifs is 1. The summed E-state index contributed by atoms with van der Waals surface area (Å²) >= 11 is 0. The fourth-order valence-electron chi connectivity index (χ4n) is 4.00. The van der Waals surface area contributed by atoms with Gasteiger partial charge in [0.15, 0.2) is 0 Å². The number of nitrogens with zero attached hydrogens (tertiary/aromatic N) is 2. The van der Waals surface area contributed by atoms with Crippen LogP contribution in [0.1, 0.15) is 57.3 Å². The van der Waals surface area contributed by atoms with Crippen molar-refractivity contribution < 1.29 is 4.79 Å². The minimum absolute atomic E-state index is 0.0349. The van der Waals surface area contributed by atoms with Crippen LogP contribution in [0.25, 0.3) is 0 Å². The third kappa shape index (κ3) is 3.79. The molecule has 0 aliphatic heterocycles. The largest absolute Gasteiger partial charge is 0.399 e. The Morgan fingerprint density at radius 2 is 1.96 bits per heavy atom. The summed E-state index contributed by atoms with van der Waals surface area (Å²) in [6.07, 6.45) is 3.04. The molecule has 1 heterocycles. The Hall–Kier alpha value is -3.08. The molecule has 0 saturated heterocycles. The van der Waals surface area contributed by atoms with Gasteiger partial charge in [-0.25, -0.2) is 0 Å². The third-order valence-electron chi connectivity index (χ3n) is 5.44. The molecule has 0 fully saturated rings. The number of rotatable bonds is 4. The van der Waals surface area contributed by atoms with Crippen molar-refractivity contribution in [2.45, 2.75) is 45.7 Å². The Morgan fingerprint density at radius 1 is 1.18 bits per heavy atom. The van der Waals surface area contributed by atoms with Gasteiger partial charge in [-0.1, -0.05) is 18.2 Å². The maximum absolute atomic E-state index is 12.8. The molecular formula is C23H26N4O. The van der Waals surface area contributed by atoms with Gasteiger partial charge in [0.05, 0.1) is 18.3 Å². The highest BCUT2D eigenvalue weighted by Gasteiger charge is 2.22. The number of carbonyl (C=O) groups excluding carboxylic acids is 1. The first-order valence-electron chi connectivity index (χ1n) is 9.79. The second-order valence-electron chi connectivity index (χ2n) is 7.66. The Bertz CT molecular complexity index is 1000. The molecule has 0 spiro atoms. The van der Waals surface area contributed by atoms with E-state index in [-0.39, 0.29) is 11.9 Å². The zero-order valence-corrected chi connectivity index (χ0v) is 16.4. The van der Waals surface area contributed by atoms with Crippen LogP contribution in [-0.2, 0) is 13.0 Å². The molecule has 4 rings (SSSR count). The number of benzene rings is 2. The van der Waals surface area contributed by atoms with Gasteiger partial charge in [0, 0.05) is 16.9 Å². The summed E-state index contributed by atoms with van der Waals surface area (Å²) in [5.74, 6) is -0.0349. The zero-order chi connectivity index (χ0) is 19.7. The van der Waals surface area contributed by atoms with Crippen molar-refractivity contribution in [2.24, 2.45) is 0 Å². The lowest BCUT2D eigenvalue weighted by Crippen LogP contribution is -2.31. The molecule has 0 radical (unpaired) electrons. The van der Waals surface area contributed by atoms with Crippen LogP contribution in [0.3, 0.4) is 0 Å². The molecule has 3 aromatic rings.